The number of hydrogen-bond acceptors (Lipinski definition) is 3. The van der Waals surface area contributed by atoms with Gasteiger partial charge in [0.2, 0.25) is 0 Å². The molecule has 0 bridgehead atoms. The Bertz CT molecular complexity index is 428. The third-order valence-electron chi connectivity index (χ3n) is 2.07. The van der Waals surface area contributed by atoms with Gasteiger partial charge in [-0.2, -0.15) is 0 Å². The van der Waals surface area contributed by atoms with Crippen molar-refractivity contribution in [3.63, 3.8) is 0 Å². The molecule has 0 radical (unpaired) electrons. The lowest BCUT2D eigenvalue weighted by Crippen LogP contribution is -2.16. The van der Waals surface area contributed by atoms with E-state index in [9.17, 15) is 13.5 Å². The van der Waals surface area contributed by atoms with Crippen molar-refractivity contribution in [3.05, 3.63) is 29.3 Å². The molecule has 0 spiro atoms. The molecule has 0 amide bonds. The smallest absolute Gasteiger partial charge is 0.178 e. The Morgan fingerprint density at radius 1 is 1.25 bits per heavy atom. The zero-order valence-electron chi connectivity index (χ0n) is 8.44. The van der Waals surface area contributed by atoms with Gasteiger partial charge in [-0.05, 0) is 30.7 Å². The number of aliphatic hydroxyl groups is 1. The Labute approximate surface area is 105 Å². The third kappa shape index (κ3) is 3.94. The second-order valence-electron chi connectivity index (χ2n) is 3.37. The van der Waals surface area contributed by atoms with Crippen molar-refractivity contribution in [3.8, 4) is 0 Å². The fourth-order valence-corrected chi connectivity index (χ4v) is 2.78. The van der Waals surface area contributed by atoms with Crippen molar-refractivity contribution in [2.45, 2.75) is 17.4 Å². The summed E-state index contributed by atoms with van der Waals surface area (Å²) < 4.78 is 23.5. The lowest BCUT2D eigenvalue weighted by molar-refractivity contribution is 0.194. The van der Waals surface area contributed by atoms with Crippen LogP contribution in [-0.2, 0) is 9.84 Å². The first-order valence-corrected chi connectivity index (χ1v) is 7.24. The maximum absolute atomic E-state index is 11.8. The third-order valence-corrected chi connectivity index (χ3v) is 4.44. The van der Waals surface area contributed by atoms with Crippen molar-refractivity contribution >= 4 is 33.0 Å². The van der Waals surface area contributed by atoms with E-state index < -0.39 is 15.9 Å². The molecule has 1 rings (SSSR count). The minimum Gasteiger partial charge on any atom is -0.392 e. The van der Waals surface area contributed by atoms with E-state index >= 15 is 0 Å². The molecular formula is C10H12Cl2O3S. The second kappa shape index (κ2) is 5.87. The molecule has 1 aromatic rings. The van der Waals surface area contributed by atoms with E-state index in [0.717, 1.165) is 0 Å². The highest BCUT2D eigenvalue weighted by molar-refractivity contribution is 7.91. The van der Waals surface area contributed by atoms with Gasteiger partial charge in [0.05, 0.1) is 16.8 Å². The van der Waals surface area contributed by atoms with Crippen LogP contribution in [-0.4, -0.2) is 31.3 Å². The Balaban J connectivity index is 2.74. The predicted octanol–water partition coefficient (Wildman–Crippen LogP) is 2.10. The molecule has 1 N–H and O–H groups in total. The molecule has 0 fully saturated rings. The zero-order valence-corrected chi connectivity index (χ0v) is 10.8. The molecule has 0 aliphatic heterocycles. The van der Waals surface area contributed by atoms with E-state index in [-0.39, 0.29) is 22.9 Å². The Hall–Kier alpha value is -0.290. The lowest BCUT2D eigenvalue weighted by atomic mass is 10.3. The van der Waals surface area contributed by atoms with Gasteiger partial charge in [-0.1, -0.05) is 11.6 Å². The summed E-state index contributed by atoms with van der Waals surface area (Å²) >= 11 is 11.0. The van der Waals surface area contributed by atoms with Crippen molar-refractivity contribution in [2.24, 2.45) is 0 Å². The molecular weight excluding hydrogens is 271 g/mol. The maximum atomic E-state index is 11.8. The van der Waals surface area contributed by atoms with Crippen LogP contribution in [0.3, 0.4) is 0 Å². The summed E-state index contributed by atoms with van der Waals surface area (Å²) in [5.41, 5.74) is 0. The summed E-state index contributed by atoms with van der Waals surface area (Å²) in [4.78, 5) is 0.207. The van der Waals surface area contributed by atoms with Gasteiger partial charge in [-0.15, -0.1) is 11.6 Å². The fourth-order valence-electron chi connectivity index (χ4n) is 1.13. The standard InChI is InChI=1S/C10H12Cl2O3S/c11-7-9(13)5-6-16(14,15)10-3-1-8(12)2-4-10/h1-4,9,13H,5-7H2. The molecule has 0 aliphatic carbocycles. The van der Waals surface area contributed by atoms with E-state index in [4.69, 9.17) is 23.2 Å². The molecule has 90 valence electrons. The molecule has 3 nitrogen and oxygen atoms in total. The Kier molecular flexibility index (Phi) is 5.05. The van der Waals surface area contributed by atoms with Crippen LogP contribution in [0, 0.1) is 0 Å². The summed E-state index contributed by atoms with van der Waals surface area (Å²) in [5, 5.41) is 9.68. The van der Waals surface area contributed by atoms with Crippen molar-refractivity contribution < 1.29 is 13.5 Å². The highest BCUT2D eigenvalue weighted by atomic mass is 35.5. The number of sulfone groups is 1. The van der Waals surface area contributed by atoms with Gasteiger partial charge in [0.25, 0.3) is 0 Å². The first-order chi connectivity index (χ1) is 7.45. The Morgan fingerprint density at radius 3 is 2.31 bits per heavy atom. The van der Waals surface area contributed by atoms with E-state index in [2.05, 4.69) is 0 Å². The van der Waals surface area contributed by atoms with Gasteiger partial charge in [0, 0.05) is 10.9 Å². The highest BCUT2D eigenvalue weighted by Gasteiger charge is 2.16. The van der Waals surface area contributed by atoms with Crippen LogP contribution >= 0.6 is 23.2 Å². The number of halogens is 2. The minimum atomic E-state index is -3.36. The normalized spacial score (nSPS) is 13.7. The number of alkyl halides is 1. The largest absolute Gasteiger partial charge is 0.392 e. The van der Waals surface area contributed by atoms with Crippen LogP contribution in [0.4, 0.5) is 0 Å². The van der Waals surface area contributed by atoms with Gasteiger partial charge in [-0.25, -0.2) is 8.42 Å². The SMILES string of the molecule is O=S(=O)(CCC(O)CCl)c1ccc(Cl)cc1. The average Bonchev–Trinajstić information content (AvgIpc) is 2.26. The lowest BCUT2D eigenvalue weighted by Gasteiger charge is -2.07. The van der Waals surface area contributed by atoms with E-state index in [0.29, 0.717) is 5.02 Å². The van der Waals surface area contributed by atoms with E-state index in [1.165, 1.54) is 24.3 Å². The molecule has 1 atom stereocenters. The van der Waals surface area contributed by atoms with Crippen LogP contribution in [0.2, 0.25) is 5.02 Å². The van der Waals surface area contributed by atoms with E-state index in [1.54, 1.807) is 0 Å². The van der Waals surface area contributed by atoms with Gasteiger partial charge >= 0.3 is 0 Å². The van der Waals surface area contributed by atoms with Crippen LogP contribution in [0.1, 0.15) is 6.42 Å². The second-order valence-corrected chi connectivity index (χ2v) is 6.22. The van der Waals surface area contributed by atoms with Gasteiger partial charge < -0.3 is 5.11 Å². The van der Waals surface area contributed by atoms with Gasteiger partial charge in [0.1, 0.15) is 0 Å². The monoisotopic (exact) mass is 282 g/mol. The molecule has 0 aliphatic rings. The number of benzene rings is 1. The predicted molar refractivity (Wildman–Crippen MR) is 64.8 cm³/mol. The molecule has 0 aromatic heterocycles. The average molecular weight is 283 g/mol. The minimum absolute atomic E-state index is 0.0378. The highest BCUT2D eigenvalue weighted by Crippen LogP contribution is 2.16. The molecule has 0 heterocycles. The molecule has 1 unspecified atom stereocenters. The molecule has 0 saturated carbocycles. The van der Waals surface area contributed by atoms with Crippen LogP contribution in [0.15, 0.2) is 29.2 Å². The van der Waals surface area contributed by atoms with Crippen LogP contribution in [0.5, 0.6) is 0 Å². The number of aliphatic hydroxyl groups excluding tert-OH is 1. The molecule has 0 saturated heterocycles. The molecule has 16 heavy (non-hydrogen) atoms. The van der Waals surface area contributed by atoms with E-state index in [1.807, 2.05) is 0 Å². The maximum Gasteiger partial charge on any atom is 0.178 e. The first-order valence-electron chi connectivity index (χ1n) is 4.68. The number of rotatable bonds is 5. The summed E-state index contributed by atoms with van der Waals surface area (Å²) in [6, 6.07) is 5.94. The topological polar surface area (TPSA) is 54.4 Å². The molecule has 1 aromatic carbocycles. The summed E-state index contributed by atoms with van der Waals surface area (Å²) in [6.45, 7) is 0. The van der Waals surface area contributed by atoms with Gasteiger partial charge in [-0.3, -0.25) is 0 Å². The van der Waals surface area contributed by atoms with Crippen LogP contribution < -0.4 is 0 Å². The fraction of sp³-hybridized carbons (Fsp3) is 0.400. The zero-order chi connectivity index (χ0) is 12.2. The van der Waals surface area contributed by atoms with Crippen LogP contribution in [0.25, 0.3) is 0 Å². The molecule has 6 heteroatoms. The van der Waals surface area contributed by atoms with Gasteiger partial charge in [0.15, 0.2) is 9.84 Å². The summed E-state index contributed by atoms with van der Waals surface area (Å²) in [7, 11) is -3.36. The quantitative estimate of drug-likeness (QED) is 0.842. The summed E-state index contributed by atoms with van der Waals surface area (Å²) in [5.74, 6) is -0.0847. The van der Waals surface area contributed by atoms with Crippen molar-refractivity contribution in [1.29, 1.82) is 0 Å². The van der Waals surface area contributed by atoms with Crippen molar-refractivity contribution in [1.82, 2.24) is 0 Å². The van der Waals surface area contributed by atoms with Crippen molar-refractivity contribution in [2.75, 3.05) is 11.6 Å². The Morgan fingerprint density at radius 2 is 1.81 bits per heavy atom. The number of hydrogen-bond donors (Lipinski definition) is 1. The summed E-state index contributed by atoms with van der Waals surface area (Å²) in [6.07, 6.45) is -0.655. The first kappa shape index (κ1) is 13.8.